The second-order valence-corrected chi connectivity index (χ2v) is 7.78. The Balaban J connectivity index is 2.14. The van der Waals surface area contributed by atoms with E-state index in [2.05, 4.69) is 0 Å². The second kappa shape index (κ2) is 10.3. The van der Waals surface area contributed by atoms with Crippen LogP contribution in [0.15, 0.2) is 54.1 Å². The number of ether oxygens (including phenoxy) is 3. The first-order valence-electron chi connectivity index (χ1n) is 10.6. The lowest BCUT2D eigenvalue weighted by molar-refractivity contribution is -0.140. The third-order valence-electron chi connectivity index (χ3n) is 5.20. The first-order chi connectivity index (χ1) is 15.4. The molecule has 0 bridgehead atoms. The average Bonchev–Trinajstić information content (AvgIpc) is 3.03. The number of carbonyl (C=O) groups is 2. The van der Waals surface area contributed by atoms with Crippen LogP contribution < -0.4 is 9.47 Å². The third kappa shape index (κ3) is 4.78. The lowest BCUT2D eigenvalue weighted by atomic mass is 9.94. The minimum absolute atomic E-state index is 0.0265. The van der Waals surface area contributed by atoms with Crippen LogP contribution in [0.25, 0.3) is 5.76 Å². The molecule has 1 unspecified atom stereocenters. The number of Topliss-reactive ketones (excluding diaryl/α,β-unsaturated/α-hetero) is 1. The molecule has 0 aliphatic carbocycles. The molecule has 0 saturated carbocycles. The summed E-state index contributed by atoms with van der Waals surface area (Å²) < 4.78 is 16.3. The molecule has 0 aromatic heterocycles. The number of methoxy groups -OCH3 is 2. The highest BCUT2D eigenvalue weighted by Crippen LogP contribution is 2.42. The fraction of sp³-hybridized carbons (Fsp3) is 0.360. The van der Waals surface area contributed by atoms with Gasteiger partial charge in [-0.2, -0.15) is 0 Å². The van der Waals surface area contributed by atoms with Crippen LogP contribution in [-0.4, -0.2) is 55.2 Å². The number of benzene rings is 2. The minimum Gasteiger partial charge on any atom is -0.507 e. The molecule has 1 aliphatic heterocycles. The van der Waals surface area contributed by atoms with Crippen LogP contribution >= 0.6 is 0 Å². The molecule has 2 aromatic rings. The zero-order valence-corrected chi connectivity index (χ0v) is 18.8. The number of hydrogen-bond donors (Lipinski definition) is 1. The van der Waals surface area contributed by atoms with E-state index in [0.717, 1.165) is 0 Å². The monoisotopic (exact) mass is 439 g/mol. The van der Waals surface area contributed by atoms with Gasteiger partial charge in [-0.3, -0.25) is 9.59 Å². The van der Waals surface area contributed by atoms with Crippen molar-refractivity contribution in [3.8, 4) is 11.5 Å². The highest BCUT2D eigenvalue weighted by atomic mass is 16.5. The van der Waals surface area contributed by atoms with Crippen molar-refractivity contribution in [1.29, 1.82) is 0 Å². The molecule has 1 fully saturated rings. The van der Waals surface area contributed by atoms with Crippen molar-refractivity contribution in [1.82, 2.24) is 4.90 Å². The maximum atomic E-state index is 13.1. The van der Waals surface area contributed by atoms with Gasteiger partial charge < -0.3 is 24.2 Å². The largest absolute Gasteiger partial charge is 0.507 e. The Morgan fingerprint density at radius 1 is 1.09 bits per heavy atom. The topological polar surface area (TPSA) is 85.3 Å². The van der Waals surface area contributed by atoms with E-state index in [9.17, 15) is 14.7 Å². The summed E-state index contributed by atoms with van der Waals surface area (Å²) in [5, 5.41) is 11.2. The van der Waals surface area contributed by atoms with Crippen molar-refractivity contribution in [2.45, 2.75) is 32.4 Å². The van der Waals surface area contributed by atoms with Crippen molar-refractivity contribution < 1.29 is 28.9 Å². The summed E-state index contributed by atoms with van der Waals surface area (Å²) in [6, 6.07) is 13.3. The van der Waals surface area contributed by atoms with Gasteiger partial charge in [-0.15, -0.1) is 0 Å². The van der Waals surface area contributed by atoms with Crippen LogP contribution in [0.1, 0.15) is 37.4 Å². The van der Waals surface area contributed by atoms with Crippen molar-refractivity contribution >= 4 is 17.4 Å². The lowest BCUT2D eigenvalue weighted by Gasteiger charge is -2.26. The molecule has 0 radical (unpaired) electrons. The standard InChI is InChI=1S/C25H29NO6/c1-16(2)32-18-10-7-9-17(15-18)23(27)21-22(19-11-5-6-12-20(19)31-4)26(13-8-14-30-3)25(29)24(21)28/h5-7,9-12,15-16,22,27H,8,13-14H2,1-4H3/b23-21+. The van der Waals surface area contributed by atoms with Crippen LogP contribution in [0.5, 0.6) is 11.5 Å². The van der Waals surface area contributed by atoms with Crippen molar-refractivity contribution in [2.75, 3.05) is 27.4 Å². The van der Waals surface area contributed by atoms with Gasteiger partial charge in [0.25, 0.3) is 11.7 Å². The van der Waals surface area contributed by atoms with Crippen LogP contribution in [-0.2, 0) is 14.3 Å². The molecule has 170 valence electrons. The lowest BCUT2D eigenvalue weighted by Crippen LogP contribution is -2.31. The smallest absolute Gasteiger partial charge is 0.295 e. The van der Waals surface area contributed by atoms with Crippen LogP contribution in [0.3, 0.4) is 0 Å². The molecule has 0 spiro atoms. The van der Waals surface area contributed by atoms with E-state index in [-0.39, 0.29) is 17.4 Å². The summed E-state index contributed by atoms with van der Waals surface area (Å²) >= 11 is 0. The molecule has 7 heteroatoms. The van der Waals surface area contributed by atoms with Crippen molar-refractivity contribution in [3.63, 3.8) is 0 Å². The Kier molecular flexibility index (Phi) is 7.53. The third-order valence-corrected chi connectivity index (χ3v) is 5.20. The van der Waals surface area contributed by atoms with Gasteiger partial charge in [-0.1, -0.05) is 30.3 Å². The Labute approximate surface area is 188 Å². The maximum absolute atomic E-state index is 13.1. The van der Waals surface area contributed by atoms with Crippen LogP contribution in [0, 0.1) is 0 Å². The van der Waals surface area contributed by atoms with Gasteiger partial charge in [0.1, 0.15) is 17.3 Å². The normalized spacial score (nSPS) is 17.8. The molecule has 1 aliphatic rings. The molecular formula is C25H29NO6. The molecule has 7 nitrogen and oxygen atoms in total. The van der Waals surface area contributed by atoms with Crippen LogP contribution in [0.4, 0.5) is 0 Å². The number of rotatable bonds is 9. The first-order valence-corrected chi connectivity index (χ1v) is 10.6. The van der Waals surface area contributed by atoms with Gasteiger partial charge in [-0.05, 0) is 38.5 Å². The molecule has 32 heavy (non-hydrogen) atoms. The number of para-hydroxylation sites is 1. The zero-order chi connectivity index (χ0) is 23.3. The Bertz CT molecular complexity index is 1010. The molecule has 1 saturated heterocycles. The predicted molar refractivity (Wildman–Crippen MR) is 121 cm³/mol. The first kappa shape index (κ1) is 23.3. The fourth-order valence-corrected chi connectivity index (χ4v) is 3.85. The number of carbonyl (C=O) groups excluding carboxylic acids is 2. The predicted octanol–water partition coefficient (Wildman–Crippen LogP) is 3.94. The van der Waals surface area contributed by atoms with Crippen molar-refractivity contribution in [2.24, 2.45) is 0 Å². The van der Waals surface area contributed by atoms with E-state index in [1.807, 2.05) is 26.0 Å². The molecule has 1 atom stereocenters. The maximum Gasteiger partial charge on any atom is 0.295 e. The zero-order valence-electron chi connectivity index (χ0n) is 18.8. The van der Waals surface area contributed by atoms with Crippen molar-refractivity contribution in [3.05, 3.63) is 65.2 Å². The summed E-state index contributed by atoms with van der Waals surface area (Å²) in [7, 11) is 3.11. The van der Waals surface area contributed by atoms with Crippen LogP contribution in [0.2, 0.25) is 0 Å². The molecular weight excluding hydrogens is 410 g/mol. The average molecular weight is 440 g/mol. The van der Waals surface area contributed by atoms with Gasteiger partial charge in [0, 0.05) is 31.4 Å². The van der Waals surface area contributed by atoms with E-state index < -0.39 is 17.7 Å². The second-order valence-electron chi connectivity index (χ2n) is 7.78. The summed E-state index contributed by atoms with van der Waals surface area (Å²) in [5.41, 5.74) is 1.05. The number of amides is 1. The number of ketones is 1. The molecule has 2 aromatic carbocycles. The summed E-state index contributed by atoms with van der Waals surface area (Å²) in [5.74, 6) is -0.548. The number of aliphatic hydroxyl groups is 1. The minimum atomic E-state index is -0.780. The number of aliphatic hydroxyl groups excluding tert-OH is 1. The van der Waals surface area contributed by atoms with Gasteiger partial charge in [0.2, 0.25) is 0 Å². The van der Waals surface area contributed by atoms with E-state index >= 15 is 0 Å². The summed E-state index contributed by atoms with van der Waals surface area (Å²) in [4.78, 5) is 27.5. The SMILES string of the molecule is COCCCN1C(=O)C(=O)/C(=C(/O)c2cccc(OC(C)C)c2)C1c1ccccc1OC. The van der Waals surface area contributed by atoms with E-state index in [4.69, 9.17) is 14.2 Å². The highest BCUT2D eigenvalue weighted by molar-refractivity contribution is 6.46. The summed E-state index contributed by atoms with van der Waals surface area (Å²) in [6.07, 6.45) is 0.500. The molecule has 1 heterocycles. The number of nitrogens with zero attached hydrogens (tertiary/aromatic N) is 1. The Morgan fingerprint density at radius 3 is 2.53 bits per heavy atom. The van der Waals surface area contributed by atoms with E-state index in [0.29, 0.717) is 42.2 Å². The highest BCUT2D eigenvalue weighted by Gasteiger charge is 2.46. The molecule has 3 rings (SSSR count). The quantitative estimate of drug-likeness (QED) is 0.276. The van der Waals surface area contributed by atoms with Gasteiger partial charge in [-0.25, -0.2) is 0 Å². The van der Waals surface area contributed by atoms with Gasteiger partial charge in [0.05, 0.1) is 24.8 Å². The van der Waals surface area contributed by atoms with E-state index in [1.165, 1.54) is 12.0 Å². The summed E-state index contributed by atoms with van der Waals surface area (Å²) in [6.45, 7) is 4.55. The van der Waals surface area contributed by atoms with Gasteiger partial charge in [0.15, 0.2) is 0 Å². The Hall–Kier alpha value is -3.32. The number of hydrogen-bond acceptors (Lipinski definition) is 6. The van der Waals surface area contributed by atoms with Gasteiger partial charge >= 0.3 is 0 Å². The fourth-order valence-electron chi connectivity index (χ4n) is 3.85. The molecule has 1 N–H and O–H groups in total. The Morgan fingerprint density at radius 2 is 1.84 bits per heavy atom. The number of likely N-dealkylation sites (tertiary alicyclic amines) is 1. The molecule has 1 amide bonds. The van der Waals surface area contributed by atoms with E-state index in [1.54, 1.807) is 43.5 Å².